The lowest BCUT2D eigenvalue weighted by molar-refractivity contribution is -0.141. The molecular formula is C24H28F3N5O2. The van der Waals surface area contributed by atoms with Gasteiger partial charge in [-0.15, -0.1) is 0 Å². The van der Waals surface area contributed by atoms with E-state index in [0.29, 0.717) is 25.5 Å². The second-order valence-corrected chi connectivity index (χ2v) is 9.79. The molecular weight excluding hydrogens is 447 g/mol. The molecule has 5 rings (SSSR count). The summed E-state index contributed by atoms with van der Waals surface area (Å²) in [4.78, 5) is 26.1. The number of amides is 1. The molecule has 1 aliphatic carbocycles. The van der Waals surface area contributed by atoms with E-state index in [1.54, 1.807) is 4.90 Å². The van der Waals surface area contributed by atoms with Crippen LogP contribution in [0.4, 0.5) is 23.8 Å². The van der Waals surface area contributed by atoms with E-state index in [4.69, 9.17) is 4.74 Å². The third-order valence-corrected chi connectivity index (χ3v) is 7.07. The zero-order valence-electron chi connectivity index (χ0n) is 19.0. The van der Waals surface area contributed by atoms with Crippen LogP contribution >= 0.6 is 0 Å². The van der Waals surface area contributed by atoms with E-state index in [-0.39, 0.29) is 23.7 Å². The number of anilines is 1. The fourth-order valence-corrected chi connectivity index (χ4v) is 5.38. The average molecular weight is 476 g/mol. The normalized spacial score (nSPS) is 22.9. The fraction of sp³-hybridized carbons (Fsp3) is 0.542. The molecule has 0 N–H and O–H groups in total. The molecule has 2 saturated heterocycles. The number of benzene rings is 1. The van der Waals surface area contributed by atoms with Crippen molar-refractivity contribution in [3.05, 3.63) is 54.0 Å². The van der Waals surface area contributed by atoms with Gasteiger partial charge in [0.15, 0.2) is 5.69 Å². The van der Waals surface area contributed by atoms with Crippen LogP contribution in [0.25, 0.3) is 0 Å². The predicted octanol–water partition coefficient (Wildman–Crippen LogP) is 3.81. The number of piperazine rings is 1. The molecule has 1 aromatic heterocycles. The Hall–Kier alpha value is -2.88. The van der Waals surface area contributed by atoms with Gasteiger partial charge in [-0.3, -0.25) is 4.90 Å². The summed E-state index contributed by atoms with van der Waals surface area (Å²) in [7, 11) is 0. The van der Waals surface area contributed by atoms with Crippen LogP contribution in [0.1, 0.15) is 31.0 Å². The molecule has 34 heavy (non-hydrogen) atoms. The number of rotatable bonds is 4. The van der Waals surface area contributed by atoms with E-state index in [1.807, 2.05) is 17.9 Å². The predicted molar refractivity (Wildman–Crippen MR) is 119 cm³/mol. The van der Waals surface area contributed by atoms with E-state index in [0.717, 1.165) is 44.9 Å². The minimum absolute atomic E-state index is 0.0441. The quantitative estimate of drug-likeness (QED) is 0.670. The molecule has 182 valence electrons. The van der Waals surface area contributed by atoms with Crippen molar-refractivity contribution in [1.29, 1.82) is 0 Å². The second kappa shape index (κ2) is 8.72. The summed E-state index contributed by atoms with van der Waals surface area (Å²) in [5, 5.41) is 0. The minimum atomic E-state index is -4.51. The van der Waals surface area contributed by atoms with Crippen LogP contribution in [-0.4, -0.2) is 70.7 Å². The van der Waals surface area contributed by atoms with Crippen molar-refractivity contribution in [1.82, 2.24) is 19.8 Å². The summed E-state index contributed by atoms with van der Waals surface area (Å²) >= 11 is 0. The Labute approximate surface area is 196 Å². The van der Waals surface area contributed by atoms with E-state index in [2.05, 4.69) is 39.1 Å². The first kappa shape index (κ1) is 22.9. The van der Waals surface area contributed by atoms with E-state index in [9.17, 15) is 18.0 Å². The van der Waals surface area contributed by atoms with Crippen molar-refractivity contribution in [3.8, 4) is 0 Å². The van der Waals surface area contributed by atoms with Gasteiger partial charge in [-0.25, -0.2) is 14.8 Å². The van der Waals surface area contributed by atoms with Crippen molar-refractivity contribution in [3.63, 3.8) is 0 Å². The number of alkyl halides is 3. The van der Waals surface area contributed by atoms with E-state index < -0.39 is 11.9 Å². The first-order valence-corrected chi connectivity index (χ1v) is 11.6. The molecule has 0 bridgehead atoms. The lowest BCUT2D eigenvalue weighted by Gasteiger charge is -2.58. The number of nitrogens with zero attached hydrogens (tertiary/aromatic N) is 5. The highest BCUT2D eigenvalue weighted by atomic mass is 19.4. The van der Waals surface area contributed by atoms with Crippen LogP contribution in [0.5, 0.6) is 0 Å². The van der Waals surface area contributed by atoms with Gasteiger partial charge in [-0.05, 0) is 25.3 Å². The summed E-state index contributed by atoms with van der Waals surface area (Å²) in [5.74, 6) is 0.374. The maximum Gasteiger partial charge on any atom is 0.434 e. The number of ether oxygens (including phenoxy) is 1. The molecule has 0 radical (unpaired) electrons. The monoisotopic (exact) mass is 475 g/mol. The van der Waals surface area contributed by atoms with Crippen LogP contribution in [-0.2, 0) is 17.5 Å². The summed E-state index contributed by atoms with van der Waals surface area (Å²) in [6.07, 6.45) is -1.19. The molecule has 2 aliphatic heterocycles. The molecule has 1 aromatic carbocycles. The van der Waals surface area contributed by atoms with Crippen LogP contribution in [0.15, 0.2) is 42.7 Å². The number of aromatic nitrogens is 2. The topological polar surface area (TPSA) is 61.8 Å². The summed E-state index contributed by atoms with van der Waals surface area (Å²) in [5.41, 5.74) is 0.583. The van der Waals surface area contributed by atoms with Gasteiger partial charge in [0, 0.05) is 50.7 Å². The van der Waals surface area contributed by atoms with Gasteiger partial charge in [0.05, 0.1) is 12.4 Å². The van der Waals surface area contributed by atoms with Crippen LogP contribution in [0.3, 0.4) is 0 Å². The standard InChI is InChI=1S/C24H28F3N5O2/c1-17-13-31(21-12-28-20(11-29-21)24(25,26)27)7-8-32(17)22(33)34-19-9-23(10-19)15-30(16-23)14-18-5-3-2-4-6-18/h2-6,11-12,17,19H,7-10,13-16H2,1H3/t17-/m1/s1. The van der Waals surface area contributed by atoms with Crippen LogP contribution in [0, 0.1) is 5.41 Å². The minimum Gasteiger partial charge on any atom is -0.446 e. The largest absolute Gasteiger partial charge is 0.446 e. The second-order valence-electron chi connectivity index (χ2n) is 9.79. The third kappa shape index (κ3) is 4.68. The summed E-state index contributed by atoms with van der Waals surface area (Å²) in [6, 6.07) is 10.3. The zero-order valence-corrected chi connectivity index (χ0v) is 19.0. The van der Waals surface area contributed by atoms with Crippen molar-refractivity contribution < 1.29 is 22.7 Å². The number of hydrogen-bond donors (Lipinski definition) is 0. The molecule has 0 unspecified atom stereocenters. The Kier molecular flexibility index (Phi) is 5.87. The van der Waals surface area contributed by atoms with Gasteiger partial charge in [-0.1, -0.05) is 30.3 Å². The molecule has 7 nitrogen and oxygen atoms in total. The van der Waals surface area contributed by atoms with Gasteiger partial charge >= 0.3 is 12.3 Å². The molecule has 1 amide bonds. The van der Waals surface area contributed by atoms with Gasteiger partial charge < -0.3 is 14.5 Å². The van der Waals surface area contributed by atoms with Crippen molar-refractivity contribution in [2.75, 3.05) is 37.6 Å². The van der Waals surface area contributed by atoms with Gasteiger partial charge in [0.25, 0.3) is 0 Å². The molecule has 3 aliphatic rings. The first-order chi connectivity index (χ1) is 16.2. The molecule has 2 aromatic rings. The summed E-state index contributed by atoms with van der Waals surface area (Å²) in [6.45, 7) is 6.28. The number of hydrogen-bond acceptors (Lipinski definition) is 6. The smallest absolute Gasteiger partial charge is 0.434 e. The number of carbonyl (C=O) groups excluding carboxylic acids is 1. The molecule has 1 atom stereocenters. The lowest BCUT2D eigenvalue weighted by atomic mass is 9.61. The Morgan fingerprint density at radius 1 is 1.12 bits per heavy atom. The molecule has 3 heterocycles. The first-order valence-electron chi connectivity index (χ1n) is 11.6. The summed E-state index contributed by atoms with van der Waals surface area (Å²) < 4.78 is 43.9. The highest BCUT2D eigenvalue weighted by Crippen LogP contribution is 2.50. The molecule has 3 fully saturated rings. The maximum atomic E-state index is 12.8. The molecule has 10 heteroatoms. The highest BCUT2D eigenvalue weighted by Gasteiger charge is 2.53. The van der Waals surface area contributed by atoms with Crippen LogP contribution in [0.2, 0.25) is 0 Å². The van der Waals surface area contributed by atoms with Gasteiger partial charge in [0.1, 0.15) is 11.9 Å². The lowest BCUT2D eigenvalue weighted by Crippen LogP contribution is -2.64. The van der Waals surface area contributed by atoms with E-state index >= 15 is 0 Å². The Morgan fingerprint density at radius 3 is 2.47 bits per heavy atom. The third-order valence-electron chi connectivity index (χ3n) is 7.07. The number of likely N-dealkylation sites (tertiary alicyclic amines) is 1. The van der Waals surface area contributed by atoms with Crippen LogP contribution < -0.4 is 4.90 Å². The van der Waals surface area contributed by atoms with Crippen molar-refractivity contribution >= 4 is 11.9 Å². The van der Waals surface area contributed by atoms with Crippen molar-refractivity contribution in [2.24, 2.45) is 5.41 Å². The fourth-order valence-electron chi connectivity index (χ4n) is 5.38. The number of carbonyl (C=O) groups is 1. The maximum absolute atomic E-state index is 12.8. The zero-order chi connectivity index (χ0) is 23.9. The molecule has 1 saturated carbocycles. The number of halogens is 3. The van der Waals surface area contributed by atoms with E-state index in [1.165, 1.54) is 5.56 Å². The van der Waals surface area contributed by atoms with Gasteiger partial charge in [-0.2, -0.15) is 13.2 Å². The Balaban J connectivity index is 1.06. The highest BCUT2D eigenvalue weighted by molar-refractivity contribution is 5.69. The Morgan fingerprint density at radius 2 is 1.85 bits per heavy atom. The Bertz CT molecular complexity index is 1000. The average Bonchev–Trinajstić information content (AvgIpc) is 2.76. The molecule has 1 spiro atoms. The SMILES string of the molecule is C[C@@H]1CN(c2cnc(C(F)(F)F)cn2)CCN1C(=O)OC1CC2(C1)CN(Cc1ccccc1)C2. The van der Waals surface area contributed by atoms with Crippen molar-refractivity contribution in [2.45, 2.75) is 44.6 Å². The van der Waals surface area contributed by atoms with Gasteiger partial charge in [0.2, 0.25) is 0 Å².